The Balaban J connectivity index is 1.71. The second kappa shape index (κ2) is 6.16. The maximum absolute atomic E-state index is 5.13. The number of benzene rings is 1. The molecule has 1 saturated heterocycles. The fraction of sp³-hybridized carbons (Fsp3) is 0.538. The van der Waals surface area contributed by atoms with Crippen LogP contribution in [0, 0.1) is 0 Å². The van der Waals surface area contributed by atoms with Crippen molar-refractivity contribution in [2.75, 3.05) is 19.4 Å². The van der Waals surface area contributed by atoms with Crippen molar-refractivity contribution in [1.29, 1.82) is 0 Å². The minimum absolute atomic E-state index is 0.832. The third-order valence-corrected chi connectivity index (χ3v) is 4.28. The van der Waals surface area contributed by atoms with Gasteiger partial charge in [-0.2, -0.15) is 11.8 Å². The van der Waals surface area contributed by atoms with Crippen LogP contribution in [0.1, 0.15) is 18.4 Å². The molecule has 0 bridgehead atoms. The summed E-state index contributed by atoms with van der Waals surface area (Å²) >= 11 is 2.10. The topological polar surface area (TPSA) is 21.3 Å². The van der Waals surface area contributed by atoms with Crippen LogP contribution in [0.2, 0.25) is 0 Å². The molecule has 0 saturated carbocycles. The lowest BCUT2D eigenvalue weighted by atomic mass is 10.2. The van der Waals surface area contributed by atoms with Gasteiger partial charge in [0.15, 0.2) is 0 Å². The van der Waals surface area contributed by atoms with Crippen LogP contribution in [0.5, 0.6) is 5.75 Å². The fourth-order valence-corrected chi connectivity index (χ4v) is 3.16. The van der Waals surface area contributed by atoms with Gasteiger partial charge in [-0.15, -0.1) is 0 Å². The van der Waals surface area contributed by atoms with Crippen LogP contribution in [-0.4, -0.2) is 24.7 Å². The van der Waals surface area contributed by atoms with Crippen molar-refractivity contribution in [2.45, 2.75) is 24.6 Å². The molecule has 1 aliphatic rings. The number of ether oxygens (including phenoxy) is 1. The van der Waals surface area contributed by atoms with Gasteiger partial charge in [0, 0.05) is 18.3 Å². The number of hydrogen-bond acceptors (Lipinski definition) is 3. The summed E-state index contributed by atoms with van der Waals surface area (Å²) in [4.78, 5) is 0. The third-order valence-electron chi connectivity index (χ3n) is 2.88. The van der Waals surface area contributed by atoms with Crippen LogP contribution in [-0.2, 0) is 6.54 Å². The van der Waals surface area contributed by atoms with Crippen molar-refractivity contribution in [1.82, 2.24) is 5.32 Å². The maximum Gasteiger partial charge on any atom is 0.118 e. The van der Waals surface area contributed by atoms with E-state index in [9.17, 15) is 0 Å². The smallest absolute Gasteiger partial charge is 0.118 e. The molecule has 1 aromatic carbocycles. The molecule has 0 aromatic heterocycles. The van der Waals surface area contributed by atoms with Gasteiger partial charge in [-0.25, -0.2) is 0 Å². The van der Waals surface area contributed by atoms with Crippen molar-refractivity contribution < 1.29 is 4.74 Å². The lowest BCUT2D eigenvalue weighted by molar-refractivity contribution is 0.414. The monoisotopic (exact) mass is 237 g/mol. The van der Waals surface area contributed by atoms with E-state index in [0.29, 0.717) is 0 Å². The Morgan fingerprint density at radius 2 is 2.19 bits per heavy atom. The first-order valence-electron chi connectivity index (χ1n) is 5.84. The highest BCUT2D eigenvalue weighted by molar-refractivity contribution is 8.00. The Kier molecular flexibility index (Phi) is 4.55. The van der Waals surface area contributed by atoms with Crippen LogP contribution in [0.15, 0.2) is 24.3 Å². The summed E-state index contributed by atoms with van der Waals surface area (Å²) in [5, 5.41) is 4.35. The molecule has 0 spiro atoms. The Hall–Kier alpha value is -0.670. The molecule has 1 N–H and O–H groups in total. The summed E-state index contributed by atoms with van der Waals surface area (Å²) in [5.41, 5.74) is 1.32. The Morgan fingerprint density at radius 3 is 2.81 bits per heavy atom. The van der Waals surface area contributed by atoms with E-state index >= 15 is 0 Å². The van der Waals surface area contributed by atoms with Crippen molar-refractivity contribution >= 4 is 11.8 Å². The average Bonchev–Trinajstić information content (AvgIpc) is 2.83. The van der Waals surface area contributed by atoms with Gasteiger partial charge in [0.25, 0.3) is 0 Å². The van der Waals surface area contributed by atoms with Gasteiger partial charge in [0.1, 0.15) is 5.75 Å². The summed E-state index contributed by atoms with van der Waals surface area (Å²) in [5.74, 6) is 2.27. The Morgan fingerprint density at radius 1 is 1.38 bits per heavy atom. The molecule has 1 heterocycles. The van der Waals surface area contributed by atoms with Crippen LogP contribution < -0.4 is 10.1 Å². The van der Waals surface area contributed by atoms with E-state index in [-0.39, 0.29) is 0 Å². The zero-order chi connectivity index (χ0) is 11.2. The van der Waals surface area contributed by atoms with Crippen LogP contribution in [0.4, 0.5) is 0 Å². The molecule has 88 valence electrons. The SMILES string of the molecule is COc1ccc(CNCC2CCCS2)cc1. The van der Waals surface area contributed by atoms with E-state index < -0.39 is 0 Å². The molecule has 1 aliphatic heterocycles. The molecule has 3 heteroatoms. The molecular formula is C13H19NOS. The van der Waals surface area contributed by atoms with E-state index in [0.717, 1.165) is 24.1 Å². The lowest BCUT2D eigenvalue weighted by Crippen LogP contribution is -2.22. The van der Waals surface area contributed by atoms with Gasteiger partial charge in [-0.3, -0.25) is 0 Å². The number of thioether (sulfide) groups is 1. The first-order chi connectivity index (χ1) is 7.88. The molecule has 1 unspecified atom stereocenters. The van der Waals surface area contributed by atoms with Crippen molar-refractivity contribution in [2.24, 2.45) is 0 Å². The molecule has 0 aliphatic carbocycles. The Bertz CT molecular complexity index is 306. The van der Waals surface area contributed by atoms with Crippen molar-refractivity contribution in [3.63, 3.8) is 0 Å². The predicted molar refractivity (Wildman–Crippen MR) is 70.2 cm³/mol. The minimum Gasteiger partial charge on any atom is -0.497 e. The zero-order valence-electron chi connectivity index (χ0n) is 9.74. The van der Waals surface area contributed by atoms with Gasteiger partial charge < -0.3 is 10.1 Å². The fourth-order valence-electron chi connectivity index (χ4n) is 1.93. The number of methoxy groups -OCH3 is 1. The highest BCUT2D eigenvalue weighted by Crippen LogP contribution is 2.25. The summed E-state index contributed by atoms with van der Waals surface area (Å²) in [6.07, 6.45) is 2.76. The van der Waals surface area contributed by atoms with E-state index in [1.807, 2.05) is 12.1 Å². The predicted octanol–water partition coefficient (Wildman–Crippen LogP) is 2.68. The normalized spacial score (nSPS) is 19.9. The standard InChI is InChI=1S/C13H19NOS/c1-15-12-6-4-11(5-7-12)9-14-10-13-3-2-8-16-13/h4-7,13-14H,2-3,8-10H2,1H3. The van der Waals surface area contributed by atoms with Gasteiger partial charge in [-0.1, -0.05) is 12.1 Å². The number of nitrogens with one attached hydrogen (secondary N) is 1. The molecule has 1 fully saturated rings. The number of rotatable bonds is 5. The van der Waals surface area contributed by atoms with E-state index in [4.69, 9.17) is 4.74 Å². The molecular weight excluding hydrogens is 218 g/mol. The van der Waals surface area contributed by atoms with Crippen LogP contribution in [0.3, 0.4) is 0 Å². The van der Waals surface area contributed by atoms with Crippen LogP contribution >= 0.6 is 11.8 Å². The van der Waals surface area contributed by atoms with Crippen molar-refractivity contribution in [3.8, 4) is 5.75 Å². The molecule has 1 aromatic rings. The van der Waals surface area contributed by atoms with E-state index in [1.54, 1.807) is 7.11 Å². The molecule has 16 heavy (non-hydrogen) atoms. The second-order valence-corrected chi connectivity index (χ2v) is 5.52. The molecule has 1 atom stereocenters. The third kappa shape index (κ3) is 3.42. The Labute approximate surface area is 102 Å². The van der Waals surface area contributed by atoms with Crippen LogP contribution in [0.25, 0.3) is 0 Å². The largest absolute Gasteiger partial charge is 0.497 e. The quantitative estimate of drug-likeness (QED) is 0.850. The minimum atomic E-state index is 0.832. The summed E-state index contributed by atoms with van der Waals surface area (Å²) < 4.78 is 5.13. The van der Waals surface area contributed by atoms with E-state index in [2.05, 4.69) is 29.2 Å². The molecule has 2 nitrogen and oxygen atoms in total. The van der Waals surface area contributed by atoms with Gasteiger partial charge in [0.2, 0.25) is 0 Å². The summed E-state index contributed by atoms with van der Waals surface area (Å²) in [7, 11) is 1.70. The van der Waals surface area contributed by atoms with Gasteiger partial charge in [0.05, 0.1) is 7.11 Å². The maximum atomic E-state index is 5.13. The highest BCUT2D eigenvalue weighted by atomic mass is 32.2. The van der Waals surface area contributed by atoms with Gasteiger partial charge in [-0.05, 0) is 36.3 Å². The zero-order valence-corrected chi connectivity index (χ0v) is 10.6. The van der Waals surface area contributed by atoms with E-state index in [1.165, 1.54) is 24.2 Å². The first kappa shape index (κ1) is 11.8. The molecule has 2 rings (SSSR count). The average molecular weight is 237 g/mol. The summed E-state index contributed by atoms with van der Waals surface area (Å²) in [6.45, 7) is 2.09. The molecule has 0 radical (unpaired) electrons. The van der Waals surface area contributed by atoms with Crippen molar-refractivity contribution in [3.05, 3.63) is 29.8 Å². The van der Waals surface area contributed by atoms with Gasteiger partial charge >= 0.3 is 0 Å². The molecule has 0 amide bonds. The first-order valence-corrected chi connectivity index (χ1v) is 6.88. The second-order valence-electron chi connectivity index (χ2n) is 4.11. The number of hydrogen-bond donors (Lipinski definition) is 1. The lowest BCUT2D eigenvalue weighted by Gasteiger charge is -2.10. The summed E-state index contributed by atoms with van der Waals surface area (Å²) in [6, 6.07) is 8.27. The highest BCUT2D eigenvalue weighted by Gasteiger charge is 2.14.